The van der Waals surface area contributed by atoms with Gasteiger partial charge in [0.05, 0.1) is 0 Å². The van der Waals surface area contributed by atoms with Gasteiger partial charge in [0.25, 0.3) is 0 Å². The van der Waals surface area contributed by atoms with Crippen molar-refractivity contribution >= 4 is 0 Å². The third-order valence-electron chi connectivity index (χ3n) is 18.1. The summed E-state index contributed by atoms with van der Waals surface area (Å²) >= 11 is 0. The lowest BCUT2D eigenvalue weighted by Crippen LogP contribution is -2.62. The summed E-state index contributed by atoms with van der Waals surface area (Å²) < 4.78 is 0. The van der Waals surface area contributed by atoms with Gasteiger partial charge in [-0.05, 0) is 169 Å². The van der Waals surface area contributed by atoms with E-state index in [-0.39, 0.29) is 0 Å². The first-order valence-corrected chi connectivity index (χ1v) is 23.3. The van der Waals surface area contributed by atoms with Crippen LogP contribution in [0.1, 0.15) is 212 Å². The molecule has 10 fully saturated rings. The second-order valence-corrected chi connectivity index (χ2v) is 20.4. The van der Waals surface area contributed by atoms with Crippen LogP contribution in [0.15, 0.2) is 0 Å². The van der Waals surface area contributed by atoms with E-state index in [1.807, 2.05) is 0 Å². The van der Waals surface area contributed by atoms with E-state index in [4.69, 9.17) is 0 Å². The van der Waals surface area contributed by atoms with Crippen molar-refractivity contribution in [3.63, 3.8) is 0 Å². The van der Waals surface area contributed by atoms with E-state index in [0.29, 0.717) is 0 Å². The number of nitrogens with zero attached hydrogens (tertiary/aromatic N) is 2. The highest BCUT2D eigenvalue weighted by molar-refractivity contribution is 5.13. The SMILES string of the molecule is C1CCC(N(C2CCCCC2)C2CCC(C3(C4CCCC(N(C5CCCCC5)C5CCCCC5)C4)C4CC5CC(C4)CC3C5)CC2)CC1. The predicted molar refractivity (Wildman–Crippen MR) is 202 cm³/mol. The summed E-state index contributed by atoms with van der Waals surface area (Å²) in [6.45, 7) is 0. The van der Waals surface area contributed by atoms with Crippen LogP contribution in [-0.4, -0.2) is 46.1 Å². The third-order valence-corrected chi connectivity index (χ3v) is 18.1. The maximum Gasteiger partial charge on any atom is 0.0104 e. The van der Waals surface area contributed by atoms with Crippen molar-refractivity contribution in [1.29, 1.82) is 0 Å². The maximum absolute atomic E-state index is 3.33. The van der Waals surface area contributed by atoms with Crippen LogP contribution in [0.25, 0.3) is 0 Å². The molecule has 0 amide bonds. The lowest BCUT2D eigenvalue weighted by atomic mass is 9.37. The second-order valence-electron chi connectivity index (χ2n) is 20.4. The Morgan fingerprint density at radius 2 is 0.625 bits per heavy atom. The lowest BCUT2D eigenvalue weighted by molar-refractivity contribution is -0.193. The van der Waals surface area contributed by atoms with Gasteiger partial charge in [0.2, 0.25) is 0 Å². The minimum Gasteiger partial charge on any atom is -0.294 e. The summed E-state index contributed by atoms with van der Waals surface area (Å²) in [6, 6.07) is 5.58. The average Bonchev–Trinajstić information content (AvgIpc) is 3.14. The first-order chi connectivity index (χ1) is 23.8. The Morgan fingerprint density at radius 1 is 0.250 bits per heavy atom. The molecule has 0 N–H and O–H groups in total. The van der Waals surface area contributed by atoms with E-state index in [2.05, 4.69) is 9.80 Å². The molecule has 0 aromatic rings. The molecule has 48 heavy (non-hydrogen) atoms. The van der Waals surface area contributed by atoms with E-state index < -0.39 is 0 Å². The molecule has 10 rings (SSSR count). The zero-order valence-electron chi connectivity index (χ0n) is 31.7. The molecule has 0 aromatic carbocycles. The van der Waals surface area contributed by atoms with E-state index in [1.54, 1.807) is 83.5 Å². The molecule has 0 saturated heterocycles. The Bertz CT molecular complexity index is 939. The van der Waals surface area contributed by atoms with Crippen LogP contribution in [0.4, 0.5) is 0 Å². The molecule has 4 bridgehead atoms. The Morgan fingerprint density at radius 3 is 1.06 bits per heavy atom. The Balaban J connectivity index is 0.978. The van der Waals surface area contributed by atoms with Crippen LogP contribution in [0, 0.1) is 40.9 Å². The molecule has 10 aliphatic carbocycles. The van der Waals surface area contributed by atoms with Gasteiger partial charge in [0.1, 0.15) is 0 Å². The van der Waals surface area contributed by atoms with Crippen molar-refractivity contribution in [2.45, 2.75) is 248 Å². The zero-order chi connectivity index (χ0) is 31.9. The van der Waals surface area contributed by atoms with Gasteiger partial charge in [-0.25, -0.2) is 0 Å². The van der Waals surface area contributed by atoms with Gasteiger partial charge >= 0.3 is 0 Å². The van der Waals surface area contributed by atoms with Crippen molar-refractivity contribution in [3.8, 4) is 0 Å². The van der Waals surface area contributed by atoms with E-state index >= 15 is 0 Å². The molecule has 10 saturated carbocycles. The number of rotatable bonds is 8. The molecule has 2 nitrogen and oxygen atoms in total. The fourth-order valence-electron chi connectivity index (χ4n) is 16.7. The molecule has 2 heteroatoms. The Hall–Kier alpha value is -0.0800. The molecule has 2 unspecified atom stereocenters. The molecule has 272 valence electrons. The summed E-state index contributed by atoms with van der Waals surface area (Å²) in [5.41, 5.74) is 0.725. The lowest BCUT2D eigenvalue weighted by Gasteiger charge is -2.68. The molecular formula is C46H78N2. The number of hydrogen-bond acceptors (Lipinski definition) is 2. The van der Waals surface area contributed by atoms with Gasteiger partial charge in [-0.3, -0.25) is 9.80 Å². The fourth-order valence-corrected chi connectivity index (χ4v) is 16.7. The minimum absolute atomic E-state index is 0.725. The van der Waals surface area contributed by atoms with Crippen LogP contribution < -0.4 is 0 Å². The van der Waals surface area contributed by atoms with Crippen molar-refractivity contribution in [2.24, 2.45) is 40.9 Å². The fraction of sp³-hybridized carbons (Fsp3) is 1.00. The minimum atomic E-state index is 0.725. The topological polar surface area (TPSA) is 6.48 Å². The van der Waals surface area contributed by atoms with Crippen LogP contribution in [-0.2, 0) is 0 Å². The largest absolute Gasteiger partial charge is 0.294 e. The standard InChI is InChI=1S/C46H78N2/c1-5-15-40(16-6-1)47(41-17-7-2-8-18-41)44-26-24-36(25-27-44)46(38-29-34-28-35(31-38)32-39(46)30-34)37-14-13-23-45(33-37)48(42-19-9-3-10-20-42)43-21-11-4-12-22-43/h34-45H,1-33H2. The summed E-state index contributed by atoms with van der Waals surface area (Å²) in [7, 11) is 0. The Labute approximate surface area is 298 Å². The summed E-state index contributed by atoms with van der Waals surface area (Å²) in [4.78, 5) is 6.61. The van der Waals surface area contributed by atoms with Gasteiger partial charge in [0, 0.05) is 36.3 Å². The summed E-state index contributed by atoms with van der Waals surface area (Å²) in [5, 5.41) is 0. The first kappa shape index (κ1) is 33.7. The molecule has 0 heterocycles. The van der Waals surface area contributed by atoms with Crippen LogP contribution in [0.2, 0.25) is 0 Å². The van der Waals surface area contributed by atoms with E-state index in [1.165, 1.54) is 128 Å². The van der Waals surface area contributed by atoms with Crippen molar-refractivity contribution in [2.75, 3.05) is 0 Å². The number of hydrogen-bond donors (Lipinski definition) is 0. The zero-order valence-corrected chi connectivity index (χ0v) is 31.7. The summed E-state index contributed by atoms with van der Waals surface area (Å²) in [6.07, 6.45) is 51.3. The van der Waals surface area contributed by atoms with Crippen LogP contribution in [0.3, 0.4) is 0 Å². The highest BCUT2D eigenvalue weighted by Gasteiger charge is 2.63. The molecule has 0 radical (unpaired) electrons. The molecule has 0 aliphatic heterocycles. The van der Waals surface area contributed by atoms with E-state index in [9.17, 15) is 0 Å². The highest BCUT2D eigenvalue weighted by atomic mass is 15.2. The molecular weight excluding hydrogens is 581 g/mol. The third kappa shape index (κ3) is 6.44. The van der Waals surface area contributed by atoms with Crippen molar-refractivity contribution in [3.05, 3.63) is 0 Å². The molecule has 2 atom stereocenters. The van der Waals surface area contributed by atoms with Crippen LogP contribution in [0.5, 0.6) is 0 Å². The monoisotopic (exact) mass is 659 g/mol. The van der Waals surface area contributed by atoms with Gasteiger partial charge in [0.15, 0.2) is 0 Å². The van der Waals surface area contributed by atoms with Gasteiger partial charge in [-0.15, -0.1) is 0 Å². The van der Waals surface area contributed by atoms with Gasteiger partial charge < -0.3 is 0 Å². The second kappa shape index (κ2) is 15.1. The predicted octanol–water partition coefficient (Wildman–Crippen LogP) is 12.5. The Kier molecular flexibility index (Phi) is 10.6. The summed E-state index contributed by atoms with van der Waals surface area (Å²) in [5.74, 6) is 6.55. The van der Waals surface area contributed by atoms with Gasteiger partial charge in [-0.1, -0.05) is 83.5 Å². The quantitative estimate of drug-likeness (QED) is 0.256. The van der Waals surface area contributed by atoms with Gasteiger partial charge in [-0.2, -0.15) is 0 Å². The molecule has 0 aromatic heterocycles. The highest BCUT2D eigenvalue weighted by Crippen LogP contribution is 2.71. The van der Waals surface area contributed by atoms with E-state index in [0.717, 1.165) is 77.2 Å². The molecule has 0 spiro atoms. The van der Waals surface area contributed by atoms with Crippen molar-refractivity contribution < 1.29 is 0 Å². The first-order valence-electron chi connectivity index (χ1n) is 23.3. The van der Waals surface area contributed by atoms with Crippen LogP contribution >= 0.6 is 0 Å². The maximum atomic E-state index is 3.33. The average molecular weight is 659 g/mol. The smallest absolute Gasteiger partial charge is 0.0104 e. The molecule has 10 aliphatic rings. The van der Waals surface area contributed by atoms with Crippen molar-refractivity contribution in [1.82, 2.24) is 9.80 Å². The normalized spacial score (nSPS) is 44.1.